The minimum absolute atomic E-state index is 0.0177. The predicted molar refractivity (Wildman–Crippen MR) is 367 cm³/mol. The molecule has 0 aliphatic rings. The molecule has 0 bridgehead atoms. The first kappa shape index (κ1) is 83.5. The fourth-order valence-electron chi connectivity index (χ4n) is 11.6. The maximum atomic E-state index is 13.6. The molecule has 3 unspecified atom stereocenters. The fraction of sp³-hybridized carbons (Fsp3) is 0.920. The van der Waals surface area contributed by atoms with Crippen LogP contribution in [0.25, 0.3) is 0 Å². The van der Waals surface area contributed by atoms with Crippen LogP contribution in [0.1, 0.15) is 393 Å². The summed E-state index contributed by atoms with van der Waals surface area (Å²) in [5, 5.41) is 3.06. The van der Waals surface area contributed by atoms with Crippen molar-refractivity contribution in [3.8, 4) is 0 Å². The van der Waals surface area contributed by atoms with Crippen LogP contribution >= 0.6 is 7.82 Å². The van der Waals surface area contributed by atoms with E-state index in [2.05, 4.69) is 38.2 Å². The molecular formula is C75H147N2O7P. The standard InChI is InChI=1S/C75H147N2O7P/c1-7-10-13-16-19-22-25-28-30-32-34-36-38-40-42-44-46-49-52-55-58-61-64-67-74(78)76-72(71-83-85(80,81)82-70-69-77(4,5)6)73(66-63-60-57-54-51-48-27-24-21-18-15-12-9-3)84-75(79)68-65-62-59-56-53-50-47-45-43-41-39-37-35-33-31-29-26-23-20-17-14-11-8-2/h29,31,63,66,72-73H,7-28,30,32-62,64-65,67-71H2,1-6H3,(H-,76,78,80,81)/b31-29+,66-63+. The van der Waals surface area contributed by atoms with Crippen LogP contribution in [0.2, 0.25) is 0 Å². The van der Waals surface area contributed by atoms with Gasteiger partial charge in [0.2, 0.25) is 5.91 Å². The predicted octanol–water partition coefficient (Wildman–Crippen LogP) is 23.4. The average molecular weight is 1220 g/mol. The van der Waals surface area contributed by atoms with Gasteiger partial charge < -0.3 is 28.5 Å². The Morgan fingerprint density at radius 1 is 0.400 bits per heavy atom. The van der Waals surface area contributed by atoms with E-state index in [4.69, 9.17) is 13.8 Å². The molecule has 1 amide bonds. The van der Waals surface area contributed by atoms with Gasteiger partial charge in [-0.05, 0) is 57.4 Å². The highest BCUT2D eigenvalue weighted by atomic mass is 31.2. The van der Waals surface area contributed by atoms with Crippen molar-refractivity contribution in [3.63, 3.8) is 0 Å². The van der Waals surface area contributed by atoms with E-state index in [1.54, 1.807) is 0 Å². The highest BCUT2D eigenvalue weighted by Crippen LogP contribution is 2.38. The van der Waals surface area contributed by atoms with Crippen molar-refractivity contribution in [1.82, 2.24) is 5.32 Å². The molecule has 0 rings (SSSR count). The van der Waals surface area contributed by atoms with Gasteiger partial charge >= 0.3 is 5.97 Å². The van der Waals surface area contributed by atoms with E-state index in [1.165, 1.54) is 302 Å². The molecule has 85 heavy (non-hydrogen) atoms. The van der Waals surface area contributed by atoms with Gasteiger partial charge in [-0.25, -0.2) is 0 Å². The summed E-state index contributed by atoms with van der Waals surface area (Å²) in [6, 6.07) is -0.884. The van der Waals surface area contributed by atoms with Crippen molar-refractivity contribution in [2.45, 2.75) is 405 Å². The van der Waals surface area contributed by atoms with Crippen molar-refractivity contribution in [1.29, 1.82) is 0 Å². The minimum atomic E-state index is -4.70. The average Bonchev–Trinajstić information content (AvgIpc) is 3.52. The third-order valence-electron chi connectivity index (χ3n) is 17.4. The molecule has 10 heteroatoms. The molecule has 0 spiro atoms. The third-order valence-corrected chi connectivity index (χ3v) is 18.3. The minimum Gasteiger partial charge on any atom is -0.756 e. The topological polar surface area (TPSA) is 114 Å². The largest absolute Gasteiger partial charge is 0.756 e. The molecule has 0 fully saturated rings. The summed E-state index contributed by atoms with van der Waals surface area (Å²) >= 11 is 0. The highest BCUT2D eigenvalue weighted by molar-refractivity contribution is 7.45. The lowest BCUT2D eigenvalue weighted by Gasteiger charge is -2.30. The maximum absolute atomic E-state index is 13.6. The molecule has 0 heterocycles. The highest BCUT2D eigenvalue weighted by Gasteiger charge is 2.27. The monoisotopic (exact) mass is 1220 g/mol. The van der Waals surface area contributed by atoms with Crippen LogP contribution in [0.15, 0.2) is 24.3 Å². The molecule has 0 aliphatic carbocycles. The molecule has 0 aromatic rings. The Morgan fingerprint density at radius 2 is 0.682 bits per heavy atom. The first-order valence-electron chi connectivity index (χ1n) is 37.6. The van der Waals surface area contributed by atoms with E-state index in [9.17, 15) is 19.0 Å². The van der Waals surface area contributed by atoms with Gasteiger partial charge in [-0.1, -0.05) is 347 Å². The molecule has 0 aliphatic heterocycles. The Bertz CT molecular complexity index is 1500. The van der Waals surface area contributed by atoms with Crippen LogP contribution in [0.3, 0.4) is 0 Å². The summed E-state index contributed by atoms with van der Waals surface area (Å²) in [4.78, 5) is 40.3. The van der Waals surface area contributed by atoms with E-state index in [1.807, 2.05) is 33.3 Å². The van der Waals surface area contributed by atoms with E-state index in [0.717, 1.165) is 57.8 Å². The quantitative estimate of drug-likeness (QED) is 0.0212. The third kappa shape index (κ3) is 66.7. The zero-order chi connectivity index (χ0) is 62.1. The van der Waals surface area contributed by atoms with Gasteiger partial charge in [0.1, 0.15) is 19.3 Å². The van der Waals surface area contributed by atoms with Crippen LogP contribution in [-0.4, -0.2) is 69.4 Å². The summed E-state index contributed by atoms with van der Waals surface area (Å²) in [6.45, 7) is 6.92. The van der Waals surface area contributed by atoms with Crippen LogP contribution in [-0.2, 0) is 27.9 Å². The second-order valence-electron chi connectivity index (χ2n) is 27.2. The number of carbonyl (C=O) groups is 2. The number of esters is 1. The molecule has 504 valence electrons. The van der Waals surface area contributed by atoms with Gasteiger partial charge in [0, 0.05) is 12.8 Å². The lowest BCUT2D eigenvalue weighted by atomic mass is 10.0. The number of ether oxygens (including phenoxy) is 1. The number of nitrogens with one attached hydrogen (secondary N) is 1. The number of amides is 1. The molecule has 1 N–H and O–H groups in total. The zero-order valence-electron chi connectivity index (χ0n) is 57.8. The fourth-order valence-corrected chi connectivity index (χ4v) is 12.3. The molecule has 9 nitrogen and oxygen atoms in total. The van der Waals surface area contributed by atoms with Gasteiger partial charge in [0.05, 0.1) is 33.8 Å². The maximum Gasteiger partial charge on any atom is 0.306 e. The van der Waals surface area contributed by atoms with Gasteiger partial charge in [-0.2, -0.15) is 0 Å². The van der Waals surface area contributed by atoms with Crippen LogP contribution in [0.5, 0.6) is 0 Å². The lowest BCUT2D eigenvalue weighted by molar-refractivity contribution is -0.870. The second-order valence-corrected chi connectivity index (χ2v) is 28.6. The number of phosphoric acid groups is 1. The van der Waals surface area contributed by atoms with E-state index in [-0.39, 0.29) is 31.5 Å². The van der Waals surface area contributed by atoms with Gasteiger partial charge in [-0.15, -0.1) is 0 Å². The van der Waals surface area contributed by atoms with Gasteiger partial charge in [0.15, 0.2) is 0 Å². The number of likely N-dealkylation sites (N-methyl/N-ethyl adjacent to an activating group) is 1. The second kappa shape index (κ2) is 65.4. The van der Waals surface area contributed by atoms with E-state index >= 15 is 0 Å². The Hall–Kier alpha value is -1.51. The van der Waals surface area contributed by atoms with Gasteiger partial charge in [-0.3, -0.25) is 14.2 Å². The van der Waals surface area contributed by atoms with E-state index in [0.29, 0.717) is 17.4 Å². The molecule has 0 saturated carbocycles. The molecule has 0 radical (unpaired) electrons. The SMILES string of the molecule is CCCCCCCC/C=C/CCCCCCCCCCCCCCCC(=O)OC(/C=C/CCCCCCCCCCCCC)C(COP(=O)([O-])OCC[N+](C)(C)C)NC(=O)CCCCCCCCCCCCCCCCCCCCCCCCC. The number of carbonyl (C=O) groups excluding carboxylic acids is 2. The Kier molecular flexibility index (Phi) is 64.3. The number of hydrogen-bond acceptors (Lipinski definition) is 7. The number of hydrogen-bond donors (Lipinski definition) is 1. The Balaban J connectivity index is 5.01. The molecule has 0 aromatic heterocycles. The number of nitrogens with zero attached hydrogens (tertiary/aromatic N) is 1. The van der Waals surface area contributed by atoms with Crippen molar-refractivity contribution in [3.05, 3.63) is 24.3 Å². The Labute approximate surface area is 530 Å². The number of allylic oxidation sites excluding steroid dienone is 3. The van der Waals surface area contributed by atoms with Crippen LogP contribution < -0.4 is 10.2 Å². The van der Waals surface area contributed by atoms with E-state index < -0.39 is 20.0 Å². The first-order chi connectivity index (χ1) is 41.4. The summed E-state index contributed by atoms with van der Waals surface area (Å²) in [5.74, 6) is -0.515. The summed E-state index contributed by atoms with van der Waals surface area (Å²) < 4.78 is 30.5. The number of phosphoric ester groups is 1. The zero-order valence-corrected chi connectivity index (χ0v) is 58.7. The normalized spacial score (nSPS) is 13.5. The molecular weight excluding hydrogens is 1070 g/mol. The number of rotatable bonds is 70. The molecule has 3 atom stereocenters. The van der Waals surface area contributed by atoms with Crippen LogP contribution in [0.4, 0.5) is 0 Å². The number of quaternary nitrogens is 1. The van der Waals surface area contributed by atoms with Gasteiger partial charge in [0.25, 0.3) is 7.82 Å². The van der Waals surface area contributed by atoms with Crippen molar-refractivity contribution in [2.24, 2.45) is 0 Å². The lowest BCUT2D eigenvalue weighted by Crippen LogP contribution is -2.47. The summed E-state index contributed by atoms with van der Waals surface area (Å²) in [7, 11) is 1.21. The number of unbranched alkanes of at least 4 members (excludes halogenated alkanes) is 52. The first-order valence-corrected chi connectivity index (χ1v) is 39.1. The molecule has 0 saturated heterocycles. The van der Waals surface area contributed by atoms with Crippen molar-refractivity contribution >= 4 is 19.7 Å². The molecule has 0 aromatic carbocycles. The van der Waals surface area contributed by atoms with Crippen molar-refractivity contribution in [2.75, 3.05) is 40.9 Å². The van der Waals surface area contributed by atoms with Crippen molar-refractivity contribution < 1.29 is 37.3 Å². The Morgan fingerprint density at radius 3 is 1.00 bits per heavy atom. The summed E-state index contributed by atoms with van der Waals surface area (Å²) in [5.41, 5.74) is 0. The van der Waals surface area contributed by atoms with Crippen LogP contribution in [0, 0.1) is 0 Å². The smallest absolute Gasteiger partial charge is 0.306 e. The summed E-state index contributed by atoms with van der Waals surface area (Å²) in [6.07, 6.45) is 80.2.